The van der Waals surface area contributed by atoms with Crippen molar-refractivity contribution >= 4 is 17.5 Å². The lowest BCUT2D eigenvalue weighted by molar-refractivity contribution is -0.385. The van der Waals surface area contributed by atoms with Crippen LogP contribution in [-0.2, 0) is 6.54 Å². The van der Waals surface area contributed by atoms with E-state index >= 15 is 0 Å². The third-order valence-electron chi connectivity index (χ3n) is 2.60. The van der Waals surface area contributed by atoms with Crippen molar-refractivity contribution in [1.82, 2.24) is 9.97 Å². The van der Waals surface area contributed by atoms with Gasteiger partial charge < -0.3 is 15.1 Å². The normalized spacial score (nSPS) is 10.4. The minimum Gasteiger partial charge on any atom is -0.472 e. The molecule has 100 valence electrons. The highest BCUT2D eigenvalue weighted by atomic mass is 16.6. The molecule has 2 heterocycles. The highest BCUT2D eigenvalue weighted by Gasteiger charge is 2.24. The summed E-state index contributed by atoms with van der Waals surface area (Å²) in [6, 6.07) is 1.78. The molecule has 2 rings (SSSR count). The number of hydrogen-bond donors (Lipinski definition) is 1. The summed E-state index contributed by atoms with van der Waals surface area (Å²) in [6.45, 7) is 1.96. The Balaban J connectivity index is 2.40. The summed E-state index contributed by atoms with van der Waals surface area (Å²) in [5.41, 5.74) is 6.53. The molecule has 0 aliphatic carbocycles. The van der Waals surface area contributed by atoms with Crippen molar-refractivity contribution in [2.75, 3.05) is 17.7 Å². The molecule has 0 saturated carbocycles. The lowest BCUT2D eigenvalue weighted by atomic mass is 10.3. The topological polar surface area (TPSA) is 111 Å². The number of rotatable bonds is 4. The first-order valence-corrected chi connectivity index (χ1v) is 5.49. The molecule has 0 unspecified atom stereocenters. The molecule has 8 nitrogen and oxygen atoms in total. The number of furan rings is 1. The molecule has 0 aliphatic rings. The van der Waals surface area contributed by atoms with Gasteiger partial charge in [-0.15, -0.1) is 0 Å². The Labute approximate surface area is 109 Å². The van der Waals surface area contributed by atoms with E-state index in [4.69, 9.17) is 10.2 Å². The quantitative estimate of drug-likeness (QED) is 0.657. The van der Waals surface area contributed by atoms with E-state index in [2.05, 4.69) is 9.97 Å². The van der Waals surface area contributed by atoms with Gasteiger partial charge in [0.1, 0.15) is 5.69 Å². The Morgan fingerprint density at radius 3 is 2.84 bits per heavy atom. The number of aryl methyl sites for hydroxylation is 1. The molecule has 2 N–H and O–H groups in total. The van der Waals surface area contributed by atoms with Gasteiger partial charge >= 0.3 is 5.69 Å². The van der Waals surface area contributed by atoms with Crippen LogP contribution < -0.4 is 10.6 Å². The third kappa shape index (κ3) is 2.62. The van der Waals surface area contributed by atoms with E-state index in [0.29, 0.717) is 6.54 Å². The monoisotopic (exact) mass is 263 g/mol. The number of nitrogens with zero attached hydrogens (tertiary/aromatic N) is 4. The van der Waals surface area contributed by atoms with E-state index in [-0.39, 0.29) is 23.1 Å². The lowest BCUT2D eigenvalue weighted by Gasteiger charge is -2.17. The number of nitrogens with two attached hydrogens (primary N) is 1. The number of hydrogen-bond acceptors (Lipinski definition) is 7. The Kier molecular flexibility index (Phi) is 3.32. The molecular weight excluding hydrogens is 250 g/mol. The summed E-state index contributed by atoms with van der Waals surface area (Å²) in [6.07, 6.45) is 3.11. The van der Waals surface area contributed by atoms with Crippen LogP contribution in [0.15, 0.2) is 23.0 Å². The van der Waals surface area contributed by atoms with E-state index in [1.165, 1.54) is 13.2 Å². The van der Waals surface area contributed by atoms with Gasteiger partial charge in [-0.1, -0.05) is 0 Å². The van der Waals surface area contributed by atoms with Gasteiger partial charge in [0.15, 0.2) is 0 Å². The predicted molar refractivity (Wildman–Crippen MR) is 68.7 cm³/mol. The summed E-state index contributed by atoms with van der Waals surface area (Å²) < 4.78 is 4.96. The summed E-state index contributed by atoms with van der Waals surface area (Å²) in [5.74, 6) is 0.202. The molecule has 0 aromatic carbocycles. The van der Waals surface area contributed by atoms with Crippen LogP contribution in [0.2, 0.25) is 0 Å². The second-order valence-electron chi connectivity index (χ2n) is 4.08. The van der Waals surface area contributed by atoms with Crippen molar-refractivity contribution in [1.29, 1.82) is 0 Å². The van der Waals surface area contributed by atoms with Crippen molar-refractivity contribution in [2.45, 2.75) is 13.5 Å². The molecule has 0 bridgehead atoms. The van der Waals surface area contributed by atoms with Crippen LogP contribution in [0.5, 0.6) is 0 Å². The van der Waals surface area contributed by atoms with Crippen LogP contribution >= 0.6 is 0 Å². The zero-order chi connectivity index (χ0) is 14.0. The van der Waals surface area contributed by atoms with Crippen LogP contribution in [0.3, 0.4) is 0 Å². The van der Waals surface area contributed by atoms with Crippen molar-refractivity contribution < 1.29 is 9.34 Å². The Hall–Kier alpha value is -2.64. The average Bonchev–Trinajstić information content (AvgIpc) is 2.79. The number of nitrogen functional groups attached to an aromatic ring is 1. The average molecular weight is 263 g/mol. The molecular formula is C11H13N5O3. The number of anilines is 2. The van der Waals surface area contributed by atoms with E-state index in [0.717, 1.165) is 5.56 Å². The lowest BCUT2D eigenvalue weighted by Crippen LogP contribution is -2.20. The van der Waals surface area contributed by atoms with E-state index in [9.17, 15) is 10.1 Å². The summed E-state index contributed by atoms with van der Waals surface area (Å²) in [4.78, 5) is 20.0. The van der Waals surface area contributed by atoms with Gasteiger partial charge in [0.25, 0.3) is 0 Å². The van der Waals surface area contributed by atoms with Crippen LogP contribution in [-0.4, -0.2) is 21.9 Å². The SMILES string of the molecule is Cc1nc(N)nc(N(C)Cc2ccoc2)c1[N+](=O)[O-]. The highest BCUT2D eigenvalue weighted by Crippen LogP contribution is 2.29. The largest absolute Gasteiger partial charge is 0.472 e. The van der Waals surface area contributed by atoms with E-state index < -0.39 is 4.92 Å². The Morgan fingerprint density at radius 2 is 2.26 bits per heavy atom. The van der Waals surface area contributed by atoms with Crippen molar-refractivity contribution in [3.05, 3.63) is 40.0 Å². The smallest absolute Gasteiger partial charge is 0.332 e. The molecule has 0 fully saturated rings. The standard InChI is InChI=1S/C11H13N5O3/c1-7-9(16(17)18)10(14-11(12)13-7)15(2)5-8-3-4-19-6-8/h3-4,6H,5H2,1-2H3,(H2,12,13,14). The summed E-state index contributed by atoms with van der Waals surface area (Å²) in [7, 11) is 1.70. The fourth-order valence-corrected chi connectivity index (χ4v) is 1.78. The van der Waals surface area contributed by atoms with E-state index in [1.54, 1.807) is 24.3 Å². The molecule has 0 radical (unpaired) electrons. The zero-order valence-corrected chi connectivity index (χ0v) is 10.5. The molecule has 0 spiro atoms. The molecule has 8 heteroatoms. The molecule has 0 atom stereocenters. The minimum atomic E-state index is -0.504. The fourth-order valence-electron chi connectivity index (χ4n) is 1.78. The molecule has 2 aromatic heterocycles. The first kappa shape index (κ1) is 12.8. The zero-order valence-electron chi connectivity index (χ0n) is 10.5. The fraction of sp³-hybridized carbons (Fsp3) is 0.273. The summed E-state index contributed by atoms with van der Waals surface area (Å²) >= 11 is 0. The van der Waals surface area contributed by atoms with Gasteiger partial charge in [0, 0.05) is 19.2 Å². The van der Waals surface area contributed by atoms with Crippen molar-refractivity contribution in [2.24, 2.45) is 0 Å². The van der Waals surface area contributed by atoms with Crippen LogP contribution in [0, 0.1) is 17.0 Å². The number of aromatic nitrogens is 2. The Morgan fingerprint density at radius 1 is 1.53 bits per heavy atom. The van der Waals surface area contributed by atoms with Gasteiger partial charge in [-0.2, -0.15) is 4.98 Å². The predicted octanol–water partition coefficient (Wildman–Crippen LogP) is 1.50. The van der Waals surface area contributed by atoms with Gasteiger partial charge in [-0.05, 0) is 13.0 Å². The maximum Gasteiger partial charge on any atom is 0.332 e. The van der Waals surface area contributed by atoms with Gasteiger partial charge in [-0.25, -0.2) is 4.98 Å². The third-order valence-corrected chi connectivity index (χ3v) is 2.60. The maximum atomic E-state index is 11.1. The summed E-state index contributed by atoms with van der Waals surface area (Å²) in [5, 5.41) is 11.1. The van der Waals surface area contributed by atoms with Gasteiger partial charge in [0.05, 0.1) is 17.4 Å². The minimum absolute atomic E-state index is 0.0112. The van der Waals surface area contributed by atoms with Crippen LogP contribution in [0.4, 0.5) is 17.5 Å². The van der Waals surface area contributed by atoms with Gasteiger partial charge in [-0.3, -0.25) is 10.1 Å². The second kappa shape index (κ2) is 4.92. The molecule has 0 saturated heterocycles. The molecule has 0 amide bonds. The first-order valence-electron chi connectivity index (χ1n) is 5.49. The van der Waals surface area contributed by atoms with Gasteiger partial charge in [0.2, 0.25) is 11.8 Å². The second-order valence-corrected chi connectivity index (χ2v) is 4.08. The van der Waals surface area contributed by atoms with Crippen LogP contribution in [0.25, 0.3) is 0 Å². The van der Waals surface area contributed by atoms with Crippen LogP contribution in [0.1, 0.15) is 11.3 Å². The first-order chi connectivity index (χ1) is 8.99. The van der Waals surface area contributed by atoms with E-state index in [1.807, 2.05) is 0 Å². The molecule has 0 aliphatic heterocycles. The maximum absolute atomic E-state index is 11.1. The van der Waals surface area contributed by atoms with Crippen molar-refractivity contribution in [3.63, 3.8) is 0 Å². The number of nitro groups is 1. The highest BCUT2D eigenvalue weighted by molar-refractivity contribution is 5.61. The molecule has 19 heavy (non-hydrogen) atoms. The molecule has 2 aromatic rings. The Bertz CT molecular complexity index is 597. The van der Waals surface area contributed by atoms with Crippen molar-refractivity contribution in [3.8, 4) is 0 Å².